The van der Waals surface area contributed by atoms with Crippen molar-refractivity contribution in [3.8, 4) is 11.8 Å². The molecule has 0 saturated carbocycles. The number of carbonyl (C=O) groups excluding carboxylic acids is 1. The molecule has 1 aromatic carbocycles. The lowest BCUT2D eigenvalue weighted by Crippen LogP contribution is -2.25. The summed E-state index contributed by atoms with van der Waals surface area (Å²) in [5.41, 5.74) is 1.36. The number of amides is 1. The smallest absolute Gasteiger partial charge is 0.251 e. The van der Waals surface area contributed by atoms with E-state index in [-0.39, 0.29) is 12.5 Å². The fourth-order valence-corrected chi connectivity index (χ4v) is 2.82. The Labute approximate surface area is 132 Å². The zero-order valence-electron chi connectivity index (χ0n) is 11.2. The number of carbonyl (C=O) groups is 1. The highest BCUT2D eigenvalue weighted by Gasteiger charge is 2.05. The van der Waals surface area contributed by atoms with E-state index >= 15 is 0 Å². The molecule has 1 aromatic heterocycles. The van der Waals surface area contributed by atoms with Crippen LogP contribution in [0.5, 0.6) is 0 Å². The first-order valence-corrected chi connectivity index (χ1v) is 7.60. The molecule has 0 saturated heterocycles. The van der Waals surface area contributed by atoms with Crippen LogP contribution in [0.4, 0.5) is 0 Å². The number of rotatable bonds is 4. The van der Waals surface area contributed by atoms with E-state index in [0.29, 0.717) is 12.1 Å². The molecule has 0 bridgehead atoms. The van der Waals surface area contributed by atoms with Gasteiger partial charge < -0.3 is 10.4 Å². The molecule has 0 aliphatic rings. The van der Waals surface area contributed by atoms with E-state index in [2.05, 4.69) is 17.2 Å². The fourth-order valence-electron chi connectivity index (χ4n) is 1.73. The maximum Gasteiger partial charge on any atom is 0.251 e. The molecule has 0 radical (unpaired) electrons. The van der Waals surface area contributed by atoms with Crippen molar-refractivity contribution in [3.63, 3.8) is 0 Å². The Morgan fingerprint density at radius 1 is 1.24 bits per heavy atom. The summed E-state index contributed by atoms with van der Waals surface area (Å²) in [6, 6.07) is 10.8. The highest BCUT2D eigenvalue weighted by molar-refractivity contribution is 7.16. The Kier molecular flexibility index (Phi) is 5.82. The number of benzene rings is 1. The molecule has 0 aliphatic heterocycles. The molecule has 0 aliphatic carbocycles. The second-order valence-electron chi connectivity index (χ2n) is 4.25. The van der Waals surface area contributed by atoms with Crippen LogP contribution in [0, 0.1) is 11.8 Å². The molecular weight excluding hydrogens is 306 g/mol. The first kappa shape index (κ1) is 15.6. The fraction of sp³-hybridized carbons (Fsp3) is 0.188. The Bertz CT molecular complexity index is 668. The van der Waals surface area contributed by atoms with E-state index in [9.17, 15) is 4.79 Å². The number of nitrogens with one attached hydrogen (secondary N) is 1. The predicted octanol–water partition coefficient (Wildman–Crippen LogP) is 2.72. The van der Waals surface area contributed by atoms with Gasteiger partial charge in [-0.25, -0.2) is 0 Å². The minimum absolute atomic E-state index is 0.112. The van der Waals surface area contributed by atoms with Crippen LogP contribution in [-0.4, -0.2) is 24.2 Å². The van der Waals surface area contributed by atoms with Crippen molar-refractivity contribution < 1.29 is 9.90 Å². The van der Waals surface area contributed by atoms with E-state index in [4.69, 9.17) is 16.7 Å². The monoisotopic (exact) mass is 319 g/mol. The van der Waals surface area contributed by atoms with E-state index in [1.165, 1.54) is 11.3 Å². The maximum atomic E-state index is 12.0. The van der Waals surface area contributed by atoms with Crippen molar-refractivity contribution >= 4 is 28.8 Å². The predicted molar refractivity (Wildman–Crippen MR) is 85.8 cm³/mol. The van der Waals surface area contributed by atoms with Gasteiger partial charge in [0.25, 0.3) is 5.91 Å². The lowest BCUT2D eigenvalue weighted by atomic mass is 10.1. The Balaban J connectivity index is 1.85. The first-order chi connectivity index (χ1) is 10.2. The largest absolute Gasteiger partial charge is 0.384 e. The van der Waals surface area contributed by atoms with Crippen LogP contribution in [0.25, 0.3) is 0 Å². The van der Waals surface area contributed by atoms with Crippen molar-refractivity contribution in [2.45, 2.75) is 6.42 Å². The van der Waals surface area contributed by atoms with Gasteiger partial charge in [-0.3, -0.25) is 4.79 Å². The van der Waals surface area contributed by atoms with Gasteiger partial charge in [-0.1, -0.05) is 23.4 Å². The molecule has 2 aromatic rings. The number of aliphatic hydroxyl groups is 1. The number of thiophene rings is 1. The summed E-state index contributed by atoms with van der Waals surface area (Å²) in [5.74, 6) is 5.24. The molecule has 108 valence electrons. The van der Waals surface area contributed by atoms with Gasteiger partial charge in [0, 0.05) is 22.5 Å². The average molecular weight is 320 g/mol. The summed E-state index contributed by atoms with van der Waals surface area (Å²) in [5, 5.41) is 11.5. The van der Waals surface area contributed by atoms with Gasteiger partial charge in [-0.05, 0) is 42.8 Å². The van der Waals surface area contributed by atoms with Gasteiger partial charge in [0.1, 0.15) is 6.61 Å². The molecular formula is C16H14ClNO2S. The molecule has 21 heavy (non-hydrogen) atoms. The molecule has 0 atom stereocenters. The van der Waals surface area contributed by atoms with Crippen molar-refractivity contribution in [3.05, 3.63) is 56.7 Å². The molecule has 3 nitrogen and oxygen atoms in total. The van der Waals surface area contributed by atoms with Gasteiger partial charge in [-0.2, -0.15) is 0 Å². The Hall–Kier alpha value is -1.80. The minimum atomic E-state index is -0.172. The quantitative estimate of drug-likeness (QED) is 0.851. The van der Waals surface area contributed by atoms with Gasteiger partial charge in [-0.15, -0.1) is 11.3 Å². The Morgan fingerprint density at radius 2 is 2.00 bits per heavy atom. The summed E-state index contributed by atoms with van der Waals surface area (Å²) in [7, 11) is 0. The van der Waals surface area contributed by atoms with Crippen molar-refractivity contribution in [2.24, 2.45) is 0 Å². The highest BCUT2D eigenvalue weighted by Crippen LogP contribution is 2.21. The zero-order chi connectivity index (χ0) is 15.1. The normalized spacial score (nSPS) is 9.81. The van der Waals surface area contributed by atoms with E-state index in [0.717, 1.165) is 21.2 Å². The van der Waals surface area contributed by atoms with Crippen LogP contribution in [0.1, 0.15) is 20.8 Å². The van der Waals surface area contributed by atoms with Crippen LogP contribution in [-0.2, 0) is 6.42 Å². The third kappa shape index (κ3) is 4.91. The lowest BCUT2D eigenvalue weighted by molar-refractivity contribution is 0.0954. The van der Waals surface area contributed by atoms with Gasteiger partial charge in [0.15, 0.2) is 0 Å². The van der Waals surface area contributed by atoms with Gasteiger partial charge >= 0.3 is 0 Å². The third-order valence-corrected chi connectivity index (χ3v) is 4.04. The van der Waals surface area contributed by atoms with Crippen LogP contribution in [0.15, 0.2) is 36.4 Å². The highest BCUT2D eigenvalue weighted by atomic mass is 35.5. The molecule has 0 fully saturated rings. The van der Waals surface area contributed by atoms with Crippen LogP contribution >= 0.6 is 22.9 Å². The summed E-state index contributed by atoms with van der Waals surface area (Å²) in [6.07, 6.45) is 0.767. The van der Waals surface area contributed by atoms with Crippen LogP contribution < -0.4 is 5.32 Å². The van der Waals surface area contributed by atoms with Crippen LogP contribution in [0.2, 0.25) is 4.34 Å². The van der Waals surface area contributed by atoms with E-state index in [1.807, 2.05) is 12.1 Å². The minimum Gasteiger partial charge on any atom is -0.384 e. The van der Waals surface area contributed by atoms with Crippen molar-refractivity contribution in [1.29, 1.82) is 0 Å². The van der Waals surface area contributed by atoms with Crippen LogP contribution in [0.3, 0.4) is 0 Å². The first-order valence-electron chi connectivity index (χ1n) is 6.41. The summed E-state index contributed by atoms with van der Waals surface area (Å²) in [6.45, 7) is 0.400. The molecule has 1 heterocycles. The number of hydrogen-bond donors (Lipinski definition) is 2. The van der Waals surface area contributed by atoms with E-state index < -0.39 is 0 Å². The van der Waals surface area contributed by atoms with Crippen molar-refractivity contribution in [1.82, 2.24) is 5.32 Å². The molecule has 0 unspecified atom stereocenters. The second kappa shape index (κ2) is 7.84. The average Bonchev–Trinajstić information content (AvgIpc) is 2.91. The summed E-state index contributed by atoms with van der Waals surface area (Å²) in [4.78, 5) is 13.1. The number of aliphatic hydroxyl groups excluding tert-OH is 1. The second-order valence-corrected chi connectivity index (χ2v) is 6.05. The standard InChI is InChI=1S/C16H14ClNO2S/c17-15-8-7-14(21-15)9-10-18-16(20)13-5-3-12(4-6-13)2-1-11-19/h3-8,19H,9-11H2,(H,18,20). The van der Waals surface area contributed by atoms with Gasteiger partial charge in [0.05, 0.1) is 4.34 Å². The molecule has 1 amide bonds. The third-order valence-electron chi connectivity index (χ3n) is 2.74. The number of hydrogen-bond acceptors (Lipinski definition) is 3. The Morgan fingerprint density at radius 3 is 2.62 bits per heavy atom. The summed E-state index contributed by atoms with van der Waals surface area (Å²) >= 11 is 7.38. The lowest BCUT2D eigenvalue weighted by Gasteiger charge is -2.04. The summed E-state index contributed by atoms with van der Waals surface area (Å²) < 4.78 is 0.760. The topological polar surface area (TPSA) is 49.3 Å². The number of halogens is 1. The zero-order valence-corrected chi connectivity index (χ0v) is 12.8. The van der Waals surface area contributed by atoms with Gasteiger partial charge in [0.2, 0.25) is 0 Å². The molecule has 5 heteroatoms. The molecule has 2 rings (SSSR count). The SMILES string of the molecule is O=C(NCCc1ccc(Cl)s1)c1ccc(C#CCO)cc1. The van der Waals surface area contributed by atoms with E-state index in [1.54, 1.807) is 24.3 Å². The molecule has 0 spiro atoms. The van der Waals surface area contributed by atoms with Crippen molar-refractivity contribution in [2.75, 3.05) is 13.2 Å². The maximum absolute atomic E-state index is 12.0. The molecule has 2 N–H and O–H groups in total.